The molecule has 0 saturated carbocycles. The zero-order valence-corrected chi connectivity index (χ0v) is 10.8. The van der Waals surface area contributed by atoms with E-state index in [4.69, 9.17) is 11.6 Å². The minimum Gasteiger partial charge on any atom is -0.124 e. The van der Waals surface area contributed by atoms with E-state index in [9.17, 15) is 0 Å². The van der Waals surface area contributed by atoms with Gasteiger partial charge in [-0.2, -0.15) is 0 Å². The maximum absolute atomic E-state index is 5.84. The van der Waals surface area contributed by atoms with Crippen LogP contribution in [0.1, 0.15) is 18.7 Å². The van der Waals surface area contributed by atoms with Crippen LogP contribution in [0.25, 0.3) is 6.08 Å². The van der Waals surface area contributed by atoms with E-state index in [0.717, 1.165) is 9.67 Å². The van der Waals surface area contributed by atoms with Gasteiger partial charge in [0.15, 0.2) is 0 Å². The fourth-order valence-electron chi connectivity index (χ4n) is 0.948. The van der Waals surface area contributed by atoms with Gasteiger partial charge in [-0.25, -0.2) is 0 Å². The Morgan fingerprint density at radius 1 is 1.62 bits per heavy atom. The number of hydrogen-bond donors (Lipinski definition) is 0. The van der Waals surface area contributed by atoms with Gasteiger partial charge in [0.1, 0.15) is 0 Å². The van der Waals surface area contributed by atoms with Gasteiger partial charge in [-0.15, -0.1) is 11.3 Å². The van der Waals surface area contributed by atoms with Crippen LogP contribution >= 0.6 is 38.9 Å². The summed E-state index contributed by atoms with van der Waals surface area (Å²) in [6.45, 7) is 4.39. The van der Waals surface area contributed by atoms with Crippen LogP contribution in [0.4, 0.5) is 0 Å². The standard InChI is InChI=1S/C10H12BrClS/c1-7(2)8(6-11)5-9-3-4-10(12)13-9/h3-5,7H,6H2,1-2H3/b8-5+. The number of halogens is 2. The van der Waals surface area contributed by atoms with Crippen molar-refractivity contribution in [3.05, 3.63) is 26.9 Å². The number of rotatable bonds is 3. The molecule has 3 heteroatoms. The molecule has 0 unspecified atom stereocenters. The van der Waals surface area contributed by atoms with Crippen LogP contribution in [0, 0.1) is 5.92 Å². The molecule has 0 aliphatic heterocycles. The van der Waals surface area contributed by atoms with E-state index in [0.29, 0.717) is 5.92 Å². The van der Waals surface area contributed by atoms with Crippen molar-refractivity contribution < 1.29 is 0 Å². The van der Waals surface area contributed by atoms with Gasteiger partial charge in [0.05, 0.1) is 4.34 Å². The summed E-state index contributed by atoms with van der Waals surface area (Å²) in [7, 11) is 0. The molecule has 0 amide bonds. The molecule has 0 N–H and O–H groups in total. The molecule has 0 nitrogen and oxygen atoms in total. The highest BCUT2D eigenvalue weighted by molar-refractivity contribution is 9.09. The second-order valence-electron chi connectivity index (χ2n) is 3.15. The van der Waals surface area contributed by atoms with Gasteiger partial charge in [-0.3, -0.25) is 0 Å². The van der Waals surface area contributed by atoms with Crippen molar-refractivity contribution in [1.82, 2.24) is 0 Å². The van der Waals surface area contributed by atoms with Gasteiger partial charge >= 0.3 is 0 Å². The lowest BCUT2D eigenvalue weighted by Gasteiger charge is -2.06. The van der Waals surface area contributed by atoms with Gasteiger partial charge < -0.3 is 0 Å². The van der Waals surface area contributed by atoms with Crippen molar-refractivity contribution in [1.29, 1.82) is 0 Å². The van der Waals surface area contributed by atoms with E-state index in [1.54, 1.807) is 11.3 Å². The Morgan fingerprint density at radius 3 is 2.69 bits per heavy atom. The van der Waals surface area contributed by atoms with Gasteiger partial charge in [0, 0.05) is 10.2 Å². The van der Waals surface area contributed by atoms with E-state index in [-0.39, 0.29) is 0 Å². The summed E-state index contributed by atoms with van der Waals surface area (Å²) >= 11 is 10.9. The Morgan fingerprint density at radius 2 is 2.31 bits per heavy atom. The van der Waals surface area contributed by atoms with Gasteiger partial charge in [-0.05, 0) is 24.1 Å². The smallest absolute Gasteiger partial charge is 0.0934 e. The van der Waals surface area contributed by atoms with Gasteiger partial charge in [-0.1, -0.05) is 47.0 Å². The maximum atomic E-state index is 5.84. The van der Waals surface area contributed by atoms with Crippen LogP contribution in [0.2, 0.25) is 4.34 Å². The summed E-state index contributed by atoms with van der Waals surface area (Å²) in [6, 6.07) is 3.99. The Balaban J connectivity index is 2.84. The summed E-state index contributed by atoms with van der Waals surface area (Å²) in [5, 5.41) is 0.931. The Hall–Kier alpha value is 0.210. The lowest BCUT2D eigenvalue weighted by atomic mass is 10.1. The van der Waals surface area contributed by atoms with Crippen LogP contribution < -0.4 is 0 Å². The van der Waals surface area contributed by atoms with Crippen molar-refractivity contribution in [2.75, 3.05) is 5.33 Å². The van der Waals surface area contributed by atoms with Crippen LogP contribution in [0.5, 0.6) is 0 Å². The monoisotopic (exact) mass is 278 g/mol. The van der Waals surface area contributed by atoms with Crippen LogP contribution in [-0.2, 0) is 0 Å². The predicted octanol–water partition coefficient (Wildman–Crippen LogP) is 4.84. The molecule has 0 radical (unpaired) electrons. The molecule has 0 bridgehead atoms. The fourth-order valence-corrected chi connectivity index (χ4v) is 2.80. The molecular weight excluding hydrogens is 268 g/mol. The zero-order chi connectivity index (χ0) is 9.84. The average Bonchev–Trinajstić information content (AvgIpc) is 2.46. The summed E-state index contributed by atoms with van der Waals surface area (Å²) in [5.74, 6) is 0.584. The van der Waals surface area contributed by atoms with Crippen LogP contribution in [-0.4, -0.2) is 5.33 Å². The van der Waals surface area contributed by atoms with Crippen molar-refractivity contribution in [3.63, 3.8) is 0 Å². The molecule has 72 valence electrons. The summed E-state index contributed by atoms with van der Waals surface area (Å²) in [5.41, 5.74) is 1.40. The van der Waals surface area contributed by atoms with Crippen molar-refractivity contribution >= 4 is 44.9 Å². The minimum atomic E-state index is 0.584. The van der Waals surface area contributed by atoms with E-state index in [2.05, 4.69) is 41.9 Å². The van der Waals surface area contributed by atoms with E-state index < -0.39 is 0 Å². The van der Waals surface area contributed by atoms with E-state index >= 15 is 0 Å². The Kier molecular flexibility index (Phi) is 4.50. The molecule has 1 heterocycles. The minimum absolute atomic E-state index is 0.584. The van der Waals surface area contributed by atoms with Crippen molar-refractivity contribution in [2.45, 2.75) is 13.8 Å². The third-order valence-corrected chi connectivity index (χ3v) is 3.64. The second-order valence-corrected chi connectivity index (χ2v) is 5.46. The highest BCUT2D eigenvalue weighted by atomic mass is 79.9. The molecule has 1 aromatic heterocycles. The topological polar surface area (TPSA) is 0 Å². The Labute approximate surface area is 96.7 Å². The summed E-state index contributed by atoms with van der Waals surface area (Å²) in [4.78, 5) is 1.23. The van der Waals surface area contributed by atoms with Crippen LogP contribution in [0.3, 0.4) is 0 Å². The number of hydrogen-bond acceptors (Lipinski definition) is 1. The highest BCUT2D eigenvalue weighted by Gasteiger charge is 2.02. The third-order valence-electron chi connectivity index (χ3n) is 1.82. The van der Waals surface area contributed by atoms with Crippen molar-refractivity contribution in [3.8, 4) is 0 Å². The molecule has 0 aliphatic carbocycles. The summed E-state index contributed by atoms with van der Waals surface area (Å²) in [6.07, 6.45) is 2.20. The first-order valence-corrected chi connectivity index (χ1v) is 6.47. The zero-order valence-electron chi connectivity index (χ0n) is 7.68. The van der Waals surface area contributed by atoms with Gasteiger partial charge in [0.2, 0.25) is 0 Å². The van der Waals surface area contributed by atoms with Crippen molar-refractivity contribution in [2.24, 2.45) is 5.92 Å². The Bertz CT molecular complexity index is 302. The SMILES string of the molecule is CC(C)/C(=C/c1ccc(Cl)s1)CBr. The molecule has 0 aliphatic rings. The van der Waals surface area contributed by atoms with Gasteiger partial charge in [0.25, 0.3) is 0 Å². The molecule has 0 spiro atoms. The third kappa shape index (κ3) is 3.45. The molecule has 1 aromatic rings. The molecule has 0 saturated heterocycles. The maximum Gasteiger partial charge on any atom is 0.0934 e. The van der Waals surface area contributed by atoms with E-state index in [1.807, 2.05) is 6.07 Å². The molecule has 0 fully saturated rings. The normalized spacial score (nSPS) is 12.5. The quantitative estimate of drug-likeness (QED) is 0.695. The number of thiophene rings is 1. The molecule has 0 atom stereocenters. The molecule has 0 aromatic carbocycles. The fraction of sp³-hybridized carbons (Fsp3) is 0.400. The first-order chi connectivity index (χ1) is 6.13. The first-order valence-electron chi connectivity index (χ1n) is 4.15. The summed E-state index contributed by atoms with van der Waals surface area (Å²) < 4.78 is 0.851. The number of alkyl halides is 1. The predicted molar refractivity (Wildman–Crippen MR) is 65.9 cm³/mol. The van der Waals surface area contributed by atoms with Crippen LogP contribution in [0.15, 0.2) is 17.7 Å². The molecule has 13 heavy (non-hydrogen) atoms. The molecule has 1 rings (SSSR count). The highest BCUT2D eigenvalue weighted by Crippen LogP contribution is 2.25. The molecular formula is C10H12BrClS. The van der Waals surface area contributed by atoms with E-state index in [1.165, 1.54) is 10.5 Å². The number of allylic oxidation sites excluding steroid dienone is 1. The second kappa shape index (κ2) is 5.18. The average molecular weight is 280 g/mol. The lowest BCUT2D eigenvalue weighted by Crippen LogP contribution is -1.93. The first kappa shape index (κ1) is 11.3. The lowest BCUT2D eigenvalue weighted by molar-refractivity contribution is 0.781. The largest absolute Gasteiger partial charge is 0.124 e.